The lowest BCUT2D eigenvalue weighted by atomic mass is 10.2. The second kappa shape index (κ2) is 4.11. The van der Waals surface area contributed by atoms with E-state index in [9.17, 15) is 4.79 Å². The summed E-state index contributed by atoms with van der Waals surface area (Å²) in [5, 5.41) is 0. The lowest BCUT2D eigenvalue weighted by Crippen LogP contribution is -2.20. The van der Waals surface area contributed by atoms with Crippen LogP contribution in [0.25, 0.3) is 0 Å². The van der Waals surface area contributed by atoms with Crippen LogP contribution < -0.4 is 0 Å². The van der Waals surface area contributed by atoms with E-state index in [4.69, 9.17) is 9.47 Å². The highest BCUT2D eigenvalue weighted by Crippen LogP contribution is 2.28. The number of ether oxygens (including phenoxy) is 3. The first-order valence-electron chi connectivity index (χ1n) is 4.56. The number of hydrogen-bond acceptors (Lipinski definition) is 4. The standard InChI is InChI=1S/C10H16O4/c1-7-8(5-6-9(11)12-4)14-10(2,3)13-7/h5-8H,1-4H3/b6-5+/t7-,8+/m1/s1. The van der Waals surface area contributed by atoms with Crippen molar-refractivity contribution in [2.75, 3.05) is 7.11 Å². The summed E-state index contributed by atoms with van der Waals surface area (Å²) in [6, 6.07) is 0. The van der Waals surface area contributed by atoms with E-state index in [1.54, 1.807) is 6.08 Å². The van der Waals surface area contributed by atoms with Crippen molar-refractivity contribution in [2.24, 2.45) is 0 Å². The van der Waals surface area contributed by atoms with Gasteiger partial charge in [-0.15, -0.1) is 0 Å². The maximum atomic E-state index is 10.8. The van der Waals surface area contributed by atoms with Crippen LogP contribution in [0.2, 0.25) is 0 Å². The molecule has 2 atom stereocenters. The molecule has 0 aromatic rings. The maximum absolute atomic E-state index is 10.8. The van der Waals surface area contributed by atoms with Gasteiger partial charge in [0.1, 0.15) is 6.10 Å². The van der Waals surface area contributed by atoms with E-state index in [0.717, 1.165) is 0 Å². The summed E-state index contributed by atoms with van der Waals surface area (Å²) in [6.45, 7) is 5.59. The Hall–Kier alpha value is -0.870. The third kappa shape index (κ3) is 2.82. The van der Waals surface area contributed by atoms with Crippen molar-refractivity contribution < 1.29 is 19.0 Å². The number of hydrogen-bond donors (Lipinski definition) is 0. The molecule has 0 unspecified atom stereocenters. The second-order valence-corrected chi connectivity index (χ2v) is 3.69. The molecule has 0 aromatic heterocycles. The minimum absolute atomic E-state index is 0.0501. The van der Waals surface area contributed by atoms with E-state index >= 15 is 0 Å². The smallest absolute Gasteiger partial charge is 0.330 e. The fourth-order valence-electron chi connectivity index (χ4n) is 1.40. The van der Waals surface area contributed by atoms with E-state index in [2.05, 4.69) is 4.74 Å². The molecule has 1 fully saturated rings. The predicted molar refractivity (Wildman–Crippen MR) is 50.7 cm³/mol. The van der Waals surface area contributed by atoms with Gasteiger partial charge in [-0.1, -0.05) is 0 Å². The zero-order valence-corrected chi connectivity index (χ0v) is 8.94. The van der Waals surface area contributed by atoms with Crippen molar-refractivity contribution in [2.45, 2.75) is 38.8 Å². The van der Waals surface area contributed by atoms with Gasteiger partial charge < -0.3 is 14.2 Å². The Bertz CT molecular complexity index is 245. The molecule has 0 amide bonds. The Morgan fingerprint density at radius 1 is 1.43 bits per heavy atom. The SMILES string of the molecule is COC(=O)/C=C/[C@@H]1OC(C)(C)O[C@@H]1C. The first-order chi connectivity index (χ1) is 6.44. The van der Waals surface area contributed by atoms with Crippen LogP contribution in [-0.4, -0.2) is 31.1 Å². The van der Waals surface area contributed by atoms with E-state index in [0.29, 0.717) is 0 Å². The molecule has 14 heavy (non-hydrogen) atoms. The minimum Gasteiger partial charge on any atom is -0.466 e. The van der Waals surface area contributed by atoms with Crippen molar-refractivity contribution in [1.29, 1.82) is 0 Å². The van der Waals surface area contributed by atoms with Crippen molar-refractivity contribution in [3.63, 3.8) is 0 Å². The largest absolute Gasteiger partial charge is 0.466 e. The highest BCUT2D eigenvalue weighted by molar-refractivity contribution is 5.81. The quantitative estimate of drug-likeness (QED) is 0.497. The summed E-state index contributed by atoms with van der Waals surface area (Å²) >= 11 is 0. The van der Waals surface area contributed by atoms with Gasteiger partial charge in [0.05, 0.1) is 13.2 Å². The van der Waals surface area contributed by atoms with Crippen LogP contribution in [0.3, 0.4) is 0 Å². The molecule has 0 radical (unpaired) electrons. The maximum Gasteiger partial charge on any atom is 0.330 e. The summed E-state index contributed by atoms with van der Waals surface area (Å²) in [5.74, 6) is -0.963. The summed E-state index contributed by atoms with van der Waals surface area (Å²) in [4.78, 5) is 10.8. The van der Waals surface area contributed by atoms with Gasteiger partial charge >= 0.3 is 5.97 Å². The molecule has 0 spiro atoms. The van der Waals surface area contributed by atoms with Crippen molar-refractivity contribution in [3.8, 4) is 0 Å². The summed E-state index contributed by atoms with van der Waals surface area (Å²) in [7, 11) is 1.34. The minimum atomic E-state index is -0.579. The number of rotatable bonds is 2. The van der Waals surface area contributed by atoms with E-state index in [-0.39, 0.29) is 18.2 Å². The van der Waals surface area contributed by atoms with Gasteiger partial charge in [-0.25, -0.2) is 4.79 Å². The predicted octanol–water partition coefficient (Wildman–Crippen LogP) is 1.26. The molecular weight excluding hydrogens is 184 g/mol. The van der Waals surface area contributed by atoms with Gasteiger partial charge in [0.2, 0.25) is 0 Å². The Labute approximate surface area is 83.8 Å². The Morgan fingerprint density at radius 2 is 2.07 bits per heavy atom. The summed E-state index contributed by atoms with van der Waals surface area (Å²) in [5.41, 5.74) is 0. The molecule has 1 rings (SSSR count). The molecule has 0 N–H and O–H groups in total. The fourth-order valence-corrected chi connectivity index (χ4v) is 1.40. The lowest BCUT2D eigenvalue weighted by Gasteiger charge is -2.15. The fraction of sp³-hybridized carbons (Fsp3) is 0.700. The van der Waals surface area contributed by atoms with Crippen LogP contribution in [0.5, 0.6) is 0 Å². The summed E-state index contributed by atoms with van der Waals surface area (Å²) in [6.07, 6.45) is 2.77. The second-order valence-electron chi connectivity index (χ2n) is 3.69. The average Bonchev–Trinajstić information content (AvgIpc) is 2.35. The van der Waals surface area contributed by atoms with Crippen LogP contribution in [0, 0.1) is 0 Å². The molecule has 1 saturated heterocycles. The highest BCUT2D eigenvalue weighted by Gasteiger charge is 2.37. The first kappa shape index (κ1) is 11.2. The molecule has 0 aromatic carbocycles. The molecule has 4 heteroatoms. The van der Waals surface area contributed by atoms with Crippen LogP contribution >= 0.6 is 0 Å². The van der Waals surface area contributed by atoms with Gasteiger partial charge in [-0.05, 0) is 26.8 Å². The van der Waals surface area contributed by atoms with E-state index in [1.807, 2.05) is 20.8 Å². The zero-order chi connectivity index (χ0) is 10.8. The molecule has 80 valence electrons. The molecule has 0 bridgehead atoms. The third-order valence-electron chi connectivity index (χ3n) is 1.98. The number of carbonyl (C=O) groups excluding carboxylic acids is 1. The van der Waals surface area contributed by atoms with Crippen LogP contribution in [-0.2, 0) is 19.0 Å². The molecule has 1 heterocycles. The van der Waals surface area contributed by atoms with Gasteiger partial charge in [-0.2, -0.15) is 0 Å². The average molecular weight is 200 g/mol. The monoisotopic (exact) mass is 200 g/mol. The third-order valence-corrected chi connectivity index (χ3v) is 1.98. The topological polar surface area (TPSA) is 44.8 Å². The Kier molecular flexibility index (Phi) is 3.29. The Morgan fingerprint density at radius 3 is 2.50 bits per heavy atom. The molecule has 0 saturated carbocycles. The van der Waals surface area contributed by atoms with E-state index in [1.165, 1.54) is 13.2 Å². The summed E-state index contributed by atoms with van der Waals surface area (Å²) < 4.78 is 15.5. The zero-order valence-electron chi connectivity index (χ0n) is 8.94. The number of methoxy groups -OCH3 is 1. The van der Waals surface area contributed by atoms with Gasteiger partial charge in [0.25, 0.3) is 0 Å². The van der Waals surface area contributed by atoms with Crippen LogP contribution in [0.4, 0.5) is 0 Å². The highest BCUT2D eigenvalue weighted by atomic mass is 16.7. The van der Waals surface area contributed by atoms with Crippen molar-refractivity contribution >= 4 is 5.97 Å². The normalized spacial score (nSPS) is 30.9. The number of esters is 1. The molecule has 1 aliphatic heterocycles. The molecule has 0 aliphatic carbocycles. The lowest BCUT2D eigenvalue weighted by molar-refractivity contribution is -0.141. The molecule has 1 aliphatic rings. The van der Waals surface area contributed by atoms with Crippen LogP contribution in [0.15, 0.2) is 12.2 Å². The Balaban J connectivity index is 2.55. The number of carbonyl (C=O) groups is 1. The van der Waals surface area contributed by atoms with Crippen molar-refractivity contribution in [1.82, 2.24) is 0 Å². The van der Waals surface area contributed by atoms with Crippen molar-refractivity contribution in [3.05, 3.63) is 12.2 Å². The van der Waals surface area contributed by atoms with Gasteiger partial charge in [0, 0.05) is 6.08 Å². The van der Waals surface area contributed by atoms with E-state index < -0.39 is 5.79 Å². The molecular formula is C10H16O4. The van der Waals surface area contributed by atoms with Gasteiger partial charge in [-0.3, -0.25) is 0 Å². The van der Waals surface area contributed by atoms with Gasteiger partial charge in [0.15, 0.2) is 5.79 Å². The van der Waals surface area contributed by atoms with Crippen LogP contribution in [0.1, 0.15) is 20.8 Å². The molecule has 4 nitrogen and oxygen atoms in total. The first-order valence-corrected chi connectivity index (χ1v) is 4.56.